The van der Waals surface area contributed by atoms with E-state index in [0.717, 1.165) is 11.4 Å². The van der Waals surface area contributed by atoms with E-state index in [4.69, 9.17) is 4.74 Å². The van der Waals surface area contributed by atoms with Crippen LogP contribution < -0.4 is 10.2 Å². The molecule has 0 fully saturated rings. The minimum Gasteiger partial charge on any atom is -0.388 e. The van der Waals surface area contributed by atoms with E-state index in [9.17, 15) is 10.1 Å². The maximum absolute atomic E-state index is 10.9. The standard InChI is InChI=1S/C13H21N3O3/c1-10(2)19-6-5-15(4)12-7-11(14-3)8-13(9-12)16(17)18/h7-10,14H,5-6H2,1-4H3. The number of nitrogens with zero attached hydrogens (tertiary/aromatic N) is 2. The van der Waals surface area contributed by atoms with Crippen LogP contribution in [0.3, 0.4) is 0 Å². The molecule has 0 saturated carbocycles. The van der Waals surface area contributed by atoms with Crippen molar-refractivity contribution in [1.29, 1.82) is 0 Å². The number of rotatable bonds is 7. The minimum atomic E-state index is -0.386. The van der Waals surface area contributed by atoms with E-state index in [-0.39, 0.29) is 16.7 Å². The van der Waals surface area contributed by atoms with E-state index in [2.05, 4.69) is 5.32 Å². The average molecular weight is 267 g/mol. The number of nitrogens with one attached hydrogen (secondary N) is 1. The Morgan fingerprint density at radius 2 is 2.11 bits per heavy atom. The topological polar surface area (TPSA) is 67.6 Å². The predicted molar refractivity (Wildman–Crippen MR) is 77.0 cm³/mol. The van der Waals surface area contributed by atoms with Crippen molar-refractivity contribution in [2.75, 3.05) is 37.5 Å². The van der Waals surface area contributed by atoms with E-state index in [1.807, 2.05) is 31.9 Å². The van der Waals surface area contributed by atoms with Crippen molar-refractivity contribution in [1.82, 2.24) is 0 Å². The molecule has 0 aliphatic carbocycles. The molecule has 0 aliphatic heterocycles. The van der Waals surface area contributed by atoms with Crippen molar-refractivity contribution in [2.24, 2.45) is 0 Å². The third-order valence-corrected chi connectivity index (χ3v) is 2.72. The third kappa shape index (κ3) is 4.75. The molecule has 0 atom stereocenters. The molecule has 6 nitrogen and oxygen atoms in total. The molecule has 0 spiro atoms. The Hall–Kier alpha value is -1.82. The Kier molecular flexibility index (Phi) is 5.57. The Balaban J connectivity index is 2.80. The van der Waals surface area contributed by atoms with Gasteiger partial charge in [-0.15, -0.1) is 0 Å². The molecule has 106 valence electrons. The first-order valence-corrected chi connectivity index (χ1v) is 6.24. The highest BCUT2D eigenvalue weighted by Crippen LogP contribution is 2.26. The Labute approximate surface area is 113 Å². The number of benzene rings is 1. The molecule has 1 aromatic rings. The Morgan fingerprint density at radius 3 is 2.63 bits per heavy atom. The van der Waals surface area contributed by atoms with Gasteiger partial charge in [-0.2, -0.15) is 0 Å². The number of non-ortho nitro benzene ring substituents is 1. The smallest absolute Gasteiger partial charge is 0.273 e. The summed E-state index contributed by atoms with van der Waals surface area (Å²) >= 11 is 0. The van der Waals surface area contributed by atoms with Crippen LogP contribution in [0.15, 0.2) is 18.2 Å². The minimum absolute atomic E-state index is 0.0819. The van der Waals surface area contributed by atoms with Gasteiger partial charge in [0.25, 0.3) is 5.69 Å². The average Bonchev–Trinajstić information content (AvgIpc) is 2.37. The molecule has 1 rings (SSSR count). The monoisotopic (exact) mass is 267 g/mol. The van der Waals surface area contributed by atoms with Crippen molar-refractivity contribution in [2.45, 2.75) is 20.0 Å². The van der Waals surface area contributed by atoms with Crippen molar-refractivity contribution < 1.29 is 9.66 Å². The summed E-state index contributed by atoms with van der Waals surface area (Å²) in [6, 6.07) is 4.96. The molecule has 0 unspecified atom stereocenters. The van der Waals surface area contributed by atoms with Crippen molar-refractivity contribution in [3.63, 3.8) is 0 Å². The molecule has 6 heteroatoms. The van der Waals surface area contributed by atoms with Crippen LogP contribution in [-0.2, 0) is 4.74 Å². The largest absolute Gasteiger partial charge is 0.388 e. The van der Waals surface area contributed by atoms with Crippen molar-refractivity contribution >= 4 is 17.1 Å². The van der Waals surface area contributed by atoms with Crippen LogP contribution in [0.25, 0.3) is 0 Å². The second kappa shape index (κ2) is 6.94. The maximum Gasteiger partial charge on any atom is 0.273 e. The normalized spacial score (nSPS) is 10.6. The quantitative estimate of drug-likeness (QED) is 0.607. The molecule has 1 aromatic carbocycles. The molecule has 0 radical (unpaired) electrons. The van der Waals surface area contributed by atoms with Crippen LogP contribution in [0.5, 0.6) is 0 Å². The molecular weight excluding hydrogens is 246 g/mol. The fraction of sp³-hybridized carbons (Fsp3) is 0.538. The van der Waals surface area contributed by atoms with Crippen molar-refractivity contribution in [3.8, 4) is 0 Å². The number of hydrogen-bond donors (Lipinski definition) is 1. The van der Waals surface area contributed by atoms with Crippen LogP contribution in [-0.4, -0.2) is 38.3 Å². The lowest BCUT2D eigenvalue weighted by molar-refractivity contribution is -0.384. The molecule has 0 bridgehead atoms. The zero-order valence-corrected chi connectivity index (χ0v) is 11.8. The first-order valence-electron chi connectivity index (χ1n) is 6.24. The van der Waals surface area contributed by atoms with Crippen LogP contribution >= 0.6 is 0 Å². The van der Waals surface area contributed by atoms with Gasteiger partial charge in [0.15, 0.2) is 0 Å². The van der Waals surface area contributed by atoms with Crippen LogP contribution in [0, 0.1) is 10.1 Å². The van der Waals surface area contributed by atoms with Gasteiger partial charge in [-0.05, 0) is 19.9 Å². The number of ether oxygens (including phenoxy) is 1. The number of anilines is 2. The molecular formula is C13H21N3O3. The summed E-state index contributed by atoms with van der Waals surface area (Å²) in [4.78, 5) is 12.4. The molecule has 0 saturated heterocycles. The van der Waals surface area contributed by atoms with Gasteiger partial charge < -0.3 is 15.0 Å². The summed E-state index contributed by atoms with van der Waals surface area (Å²) in [6.07, 6.45) is 0.186. The highest BCUT2D eigenvalue weighted by atomic mass is 16.6. The lowest BCUT2D eigenvalue weighted by atomic mass is 10.2. The summed E-state index contributed by atoms with van der Waals surface area (Å²) in [5.74, 6) is 0. The predicted octanol–water partition coefficient (Wildman–Crippen LogP) is 2.50. The van der Waals surface area contributed by atoms with Gasteiger partial charge in [-0.25, -0.2) is 0 Å². The Morgan fingerprint density at radius 1 is 1.42 bits per heavy atom. The number of nitro benzene ring substituents is 1. The number of nitro groups is 1. The summed E-state index contributed by atoms with van der Waals surface area (Å²) in [5.41, 5.74) is 1.60. The van der Waals surface area contributed by atoms with Gasteiger partial charge in [0.2, 0.25) is 0 Å². The highest BCUT2D eigenvalue weighted by molar-refractivity contribution is 5.64. The fourth-order valence-electron chi connectivity index (χ4n) is 1.62. The summed E-state index contributed by atoms with van der Waals surface area (Å²) in [7, 11) is 3.63. The van der Waals surface area contributed by atoms with E-state index >= 15 is 0 Å². The van der Waals surface area contributed by atoms with Gasteiger partial charge in [0.1, 0.15) is 0 Å². The SMILES string of the molecule is CNc1cc(N(C)CCOC(C)C)cc([N+](=O)[O-])c1. The molecule has 0 heterocycles. The summed E-state index contributed by atoms with van der Waals surface area (Å²) in [5, 5.41) is 13.8. The second-order valence-corrected chi connectivity index (χ2v) is 4.59. The Bertz CT molecular complexity index is 435. The van der Waals surface area contributed by atoms with E-state index in [1.54, 1.807) is 13.1 Å². The molecule has 1 N–H and O–H groups in total. The molecule has 0 aromatic heterocycles. The lowest BCUT2D eigenvalue weighted by Gasteiger charge is -2.20. The summed E-state index contributed by atoms with van der Waals surface area (Å²) in [6.45, 7) is 5.23. The number of likely N-dealkylation sites (N-methyl/N-ethyl adjacent to an activating group) is 1. The van der Waals surface area contributed by atoms with Gasteiger partial charge in [-0.1, -0.05) is 0 Å². The van der Waals surface area contributed by atoms with Crippen LogP contribution in [0.4, 0.5) is 17.1 Å². The van der Waals surface area contributed by atoms with Gasteiger partial charge >= 0.3 is 0 Å². The summed E-state index contributed by atoms with van der Waals surface area (Å²) < 4.78 is 5.48. The molecule has 19 heavy (non-hydrogen) atoms. The lowest BCUT2D eigenvalue weighted by Crippen LogP contribution is -2.24. The second-order valence-electron chi connectivity index (χ2n) is 4.59. The van der Waals surface area contributed by atoms with Gasteiger partial charge in [0, 0.05) is 44.1 Å². The van der Waals surface area contributed by atoms with Crippen molar-refractivity contribution in [3.05, 3.63) is 28.3 Å². The fourth-order valence-corrected chi connectivity index (χ4v) is 1.62. The van der Waals surface area contributed by atoms with Gasteiger partial charge in [0.05, 0.1) is 17.6 Å². The maximum atomic E-state index is 10.9. The van der Waals surface area contributed by atoms with E-state index in [1.165, 1.54) is 6.07 Å². The first-order chi connectivity index (χ1) is 8.93. The molecule has 0 amide bonds. The van der Waals surface area contributed by atoms with Crippen LogP contribution in [0.2, 0.25) is 0 Å². The van der Waals surface area contributed by atoms with Gasteiger partial charge in [-0.3, -0.25) is 10.1 Å². The molecule has 0 aliphatic rings. The third-order valence-electron chi connectivity index (χ3n) is 2.72. The zero-order valence-electron chi connectivity index (χ0n) is 11.8. The highest BCUT2D eigenvalue weighted by Gasteiger charge is 2.11. The number of hydrogen-bond acceptors (Lipinski definition) is 5. The van der Waals surface area contributed by atoms with E-state index in [0.29, 0.717) is 13.2 Å². The van der Waals surface area contributed by atoms with Crippen LogP contribution in [0.1, 0.15) is 13.8 Å². The first kappa shape index (κ1) is 15.2. The zero-order chi connectivity index (χ0) is 14.4. The van der Waals surface area contributed by atoms with E-state index < -0.39 is 0 Å².